The number of carbonyl (C=O) groups excluding carboxylic acids is 1. The van der Waals surface area contributed by atoms with Crippen molar-refractivity contribution in [3.8, 4) is 0 Å². The van der Waals surface area contributed by atoms with Gasteiger partial charge in [-0.1, -0.05) is 52.2 Å². The molecule has 0 aromatic rings. The number of hydrogen-bond acceptors (Lipinski definition) is 2. The molecule has 0 bridgehead atoms. The second-order valence-corrected chi connectivity index (χ2v) is 8.68. The van der Waals surface area contributed by atoms with Crippen LogP contribution in [0.2, 0.25) is 0 Å². The second kappa shape index (κ2) is 16.0. The van der Waals surface area contributed by atoms with Gasteiger partial charge in [0.1, 0.15) is 6.10 Å². The summed E-state index contributed by atoms with van der Waals surface area (Å²) in [6.45, 7) is 16.5. The van der Waals surface area contributed by atoms with Crippen molar-refractivity contribution < 1.29 is 9.53 Å². The molecular formula is C27H44O2. The van der Waals surface area contributed by atoms with E-state index in [0.717, 1.165) is 44.9 Å². The fourth-order valence-corrected chi connectivity index (χ4v) is 3.01. The van der Waals surface area contributed by atoms with E-state index in [-0.39, 0.29) is 12.1 Å². The third-order valence-electron chi connectivity index (χ3n) is 4.70. The van der Waals surface area contributed by atoms with Gasteiger partial charge in [-0.15, -0.1) is 0 Å². The molecule has 29 heavy (non-hydrogen) atoms. The molecule has 0 N–H and O–H groups in total. The lowest BCUT2D eigenvalue weighted by atomic mass is 10.0. The molecule has 0 rings (SSSR count). The first-order valence-corrected chi connectivity index (χ1v) is 11.0. The average Bonchev–Trinajstić information content (AvgIpc) is 2.58. The number of rotatable bonds is 13. The molecule has 0 radical (unpaired) electrons. The predicted molar refractivity (Wildman–Crippen MR) is 128 cm³/mol. The molecule has 0 spiro atoms. The molecule has 0 saturated heterocycles. The molecule has 0 amide bonds. The van der Waals surface area contributed by atoms with Gasteiger partial charge in [0, 0.05) is 13.3 Å². The van der Waals surface area contributed by atoms with Crippen LogP contribution in [0.25, 0.3) is 0 Å². The molecule has 0 heterocycles. The van der Waals surface area contributed by atoms with Crippen LogP contribution in [-0.4, -0.2) is 12.1 Å². The van der Waals surface area contributed by atoms with E-state index in [9.17, 15) is 4.79 Å². The lowest BCUT2D eigenvalue weighted by Crippen LogP contribution is -2.13. The highest BCUT2D eigenvalue weighted by Crippen LogP contribution is 2.15. The highest BCUT2D eigenvalue weighted by molar-refractivity contribution is 5.66. The molecule has 1 atom stereocenters. The summed E-state index contributed by atoms with van der Waals surface area (Å²) in [6, 6.07) is 0. The van der Waals surface area contributed by atoms with Crippen LogP contribution in [0.4, 0.5) is 0 Å². The van der Waals surface area contributed by atoms with Crippen LogP contribution in [0.15, 0.2) is 58.2 Å². The molecule has 2 heteroatoms. The minimum absolute atomic E-state index is 0.171. The van der Waals surface area contributed by atoms with E-state index in [1.165, 1.54) is 34.8 Å². The third-order valence-corrected chi connectivity index (χ3v) is 4.70. The van der Waals surface area contributed by atoms with Crippen molar-refractivity contribution in [1.82, 2.24) is 0 Å². The second-order valence-electron chi connectivity index (χ2n) is 8.68. The van der Waals surface area contributed by atoms with Crippen LogP contribution in [0.5, 0.6) is 0 Å². The van der Waals surface area contributed by atoms with Crippen LogP contribution < -0.4 is 0 Å². The highest BCUT2D eigenvalue weighted by Gasteiger charge is 2.08. The Bertz CT molecular complexity index is 633. The van der Waals surface area contributed by atoms with Gasteiger partial charge < -0.3 is 4.74 Å². The molecule has 0 aliphatic carbocycles. The Morgan fingerprint density at radius 2 is 1.10 bits per heavy atom. The molecule has 164 valence electrons. The average molecular weight is 401 g/mol. The van der Waals surface area contributed by atoms with Crippen molar-refractivity contribution in [2.24, 2.45) is 0 Å². The Balaban J connectivity index is 4.64. The molecule has 0 saturated carbocycles. The lowest BCUT2D eigenvalue weighted by molar-refractivity contribution is -0.144. The zero-order chi connectivity index (χ0) is 22.2. The minimum Gasteiger partial charge on any atom is -0.458 e. The molecule has 0 aromatic heterocycles. The standard InChI is InChI=1S/C27H44O2/c1-21(2)12-9-14-23(5)15-11-16-24(6)18-19-27(29-26(8)28)20-25(7)17-10-13-22(3)4/h12-13,15,18,20,27H,9-11,14,16-17,19H2,1-8H3/b23-15?,24-18?,25-20+. The van der Waals surface area contributed by atoms with E-state index in [1.807, 2.05) is 0 Å². The van der Waals surface area contributed by atoms with Crippen LogP contribution in [-0.2, 0) is 9.53 Å². The first kappa shape index (κ1) is 27.2. The molecule has 2 nitrogen and oxygen atoms in total. The van der Waals surface area contributed by atoms with Gasteiger partial charge in [-0.25, -0.2) is 0 Å². The van der Waals surface area contributed by atoms with Crippen molar-refractivity contribution >= 4 is 5.97 Å². The molecule has 0 aliphatic heterocycles. The van der Waals surface area contributed by atoms with Crippen LogP contribution in [0.3, 0.4) is 0 Å². The number of hydrogen-bond donors (Lipinski definition) is 0. The number of ether oxygens (including phenoxy) is 1. The van der Waals surface area contributed by atoms with E-state index in [2.05, 4.69) is 78.8 Å². The Labute approximate surface area is 180 Å². The van der Waals surface area contributed by atoms with Crippen molar-refractivity contribution in [2.45, 2.75) is 106 Å². The normalized spacial score (nSPS) is 13.7. The zero-order valence-corrected chi connectivity index (χ0v) is 20.2. The van der Waals surface area contributed by atoms with Crippen molar-refractivity contribution in [3.63, 3.8) is 0 Å². The maximum absolute atomic E-state index is 11.5. The Kier molecular flexibility index (Phi) is 15.0. The van der Waals surface area contributed by atoms with Crippen LogP contribution >= 0.6 is 0 Å². The van der Waals surface area contributed by atoms with Gasteiger partial charge in [-0.2, -0.15) is 0 Å². The summed E-state index contributed by atoms with van der Waals surface area (Å²) in [5.74, 6) is -0.218. The Morgan fingerprint density at radius 3 is 1.59 bits per heavy atom. The molecule has 1 unspecified atom stereocenters. The Hall–Kier alpha value is -1.83. The van der Waals surface area contributed by atoms with E-state index < -0.39 is 0 Å². The van der Waals surface area contributed by atoms with Gasteiger partial charge in [0.15, 0.2) is 0 Å². The topological polar surface area (TPSA) is 26.3 Å². The monoisotopic (exact) mass is 400 g/mol. The minimum atomic E-state index is -0.218. The van der Waals surface area contributed by atoms with Crippen molar-refractivity contribution in [1.29, 1.82) is 0 Å². The fourth-order valence-electron chi connectivity index (χ4n) is 3.01. The molecular weight excluding hydrogens is 356 g/mol. The summed E-state index contributed by atoms with van der Waals surface area (Å²) < 4.78 is 5.51. The SMILES string of the molecule is CC(=O)OC(/C=C(\C)CCC=C(C)C)CC=C(C)CCC=C(C)CCC=C(C)C. The summed E-state index contributed by atoms with van der Waals surface area (Å²) in [5.41, 5.74) is 6.82. The smallest absolute Gasteiger partial charge is 0.303 e. The van der Waals surface area contributed by atoms with Crippen LogP contribution in [0, 0.1) is 0 Å². The van der Waals surface area contributed by atoms with Crippen molar-refractivity contribution in [3.05, 3.63) is 58.2 Å². The third kappa shape index (κ3) is 18.0. The van der Waals surface area contributed by atoms with Crippen LogP contribution in [0.1, 0.15) is 100 Å². The van der Waals surface area contributed by atoms with E-state index in [1.54, 1.807) is 0 Å². The zero-order valence-electron chi connectivity index (χ0n) is 20.2. The van der Waals surface area contributed by atoms with Gasteiger partial charge >= 0.3 is 5.97 Å². The molecule has 0 aromatic carbocycles. The predicted octanol–water partition coefficient (Wildman–Crippen LogP) is 8.42. The maximum atomic E-state index is 11.5. The summed E-state index contributed by atoms with van der Waals surface area (Å²) in [5, 5.41) is 0. The van der Waals surface area contributed by atoms with E-state index in [0.29, 0.717) is 0 Å². The number of carbonyl (C=O) groups is 1. The van der Waals surface area contributed by atoms with E-state index in [4.69, 9.17) is 4.74 Å². The largest absolute Gasteiger partial charge is 0.458 e. The van der Waals surface area contributed by atoms with E-state index >= 15 is 0 Å². The first-order chi connectivity index (χ1) is 13.6. The van der Waals surface area contributed by atoms with Gasteiger partial charge in [-0.3, -0.25) is 4.79 Å². The summed E-state index contributed by atoms with van der Waals surface area (Å²) >= 11 is 0. The van der Waals surface area contributed by atoms with Gasteiger partial charge in [0.05, 0.1) is 0 Å². The van der Waals surface area contributed by atoms with Gasteiger partial charge in [-0.05, 0) is 93.1 Å². The van der Waals surface area contributed by atoms with Gasteiger partial charge in [0.25, 0.3) is 0 Å². The first-order valence-electron chi connectivity index (χ1n) is 11.0. The quantitative estimate of drug-likeness (QED) is 0.229. The van der Waals surface area contributed by atoms with Crippen molar-refractivity contribution in [2.75, 3.05) is 0 Å². The Morgan fingerprint density at radius 1 is 0.655 bits per heavy atom. The number of allylic oxidation sites excluding steroid dienone is 8. The summed E-state index contributed by atoms with van der Waals surface area (Å²) in [7, 11) is 0. The fraction of sp³-hybridized carbons (Fsp3) is 0.593. The van der Waals surface area contributed by atoms with Gasteiger partial charge in [0.2, 0.25) is 0 Å². The summed E-state index contributed by atoms with van der Waals surface area (Å²) in [6.07, 6.45) is 18.2. The molecule has 0 aliphatic rings. The highest BCUT2D eigenvalue weighted by atomic mass is 16.5. The summed E-state index contributed by atoms with van der Waals surface area (Å²) in [4.78, 5) is 11.5. The maximum Gasteiger partial charge on any atom is 0.303 e. The number of esters is 1. The lowest BCUT2D eigenvalue weighted by Gasteiger charge is -2.13. The molecule has 0 fully saturated rings.